The van der Waals surface area contributed by atoms with E-state index in [1.807, 2.05) is 42.5 Å². The van der Waals surface area contributed by atoms with Crippen molar-refractivity contribution in [2.45, 2.75) is 12.4 Å². The molecule has 1 atom stereocenters. The van der Waals surface area contributed by atoms with Crippen molar-refractivity contribution >= 4 is 0 Å². The summed E-state index contributed by atoms with van der Waals surface area (Å²) in [6, 6.07) is 13.0. The molecule has 0 radical (unpaired) electrons. The van der Waals surface area contributed by atoms with Gasteiger partial charge in [0, 0.05) is 18.9 Å². The third-order valence-electron chi connectivity index (χ3n) is 2.89. The summed E-state index contributed by atoms with van der Waals surface area (Å²) in [4.78, 5) is 3.95. The van der Waals surface area contributed by atoms with E-state index in [9.17, 15) is 13.2 Å². The number of alkyl halides is 3. The fourth-order valence-electron chi connectivity index (χ4n) is 2.00. The molecule has 0 aliphatic rings. The van der Waals surface area contributed by atoms with Crippen molar-refractivity contribution in [2.24, 2.45) is 0 Å². The summed E-state index contributed by atoms with van der Waals surface area (Å²) in [6.07, 6.45) is -1.29. The standard InChI is InChI=1S/C15H15F3N2O/c16-15(17,18)21-11-10-20-14(12-4-2-1-3-5-12)13-6-8-19-9-7-13/h1-9,14,20H,10-11H2. The Morgan fingerprint density at radius 3 is 2.24 bits per heavy atom. The van der Waals surface area contributed by atoms with Crippen molar-refractivity contribution < 1.29 is 17.9 Å². The predicted octanol–water partition coefficient (Wildman–Crippen LogP) is 3.30. The summed E-state index contributed by atoms with van der Waals surface area (Å²) < 4.78 is 39.7. The quantitative estimate of drug-likeness (QED) is 0.831. The largest absolute Gasteiger partial charge is 0.522 e. The topological polar surface area (TPSA) is 34.1 Å². The first-order chi connectivity index (χ1) is 10.1. The van der Waals surface area contributed by atoms with Crippen LogP contribution in [0.25, 0.3) is 0 Å². The lowest BCUT2D eigenvalue weighted by Gasteiger charge is -2.20. The van der Waals surface area contributed by atoms with E-state index in [2.05, 4.69) is 15.0 Å². The van der Waals surface area contributed by atoms with Crippen molar-refractivity contribution in [1.29, 1.82) is 0 Å². The van der Waals surface area contributed by atoms with Crippen LogP contribution in [0.2, 0.25) is 0 Å². The molecule has 1 aromatic carbocycles. The number of ether oxygens (including phenoxy) is 1. The Balaban J connectivity index is 2.04. The molecule has 0 spiro atoms. The lowest BCUT2D eigenvalue weighted by molar-refractivity contribution is -0.323. The van der Waals surface area contributed by atoms with Crippen molar-refractivity contribution in [2.75, 3.05) is 13.2 Å². The van der Waals surface area contributed by atoms with E-state index in [1.165, 1.54) is 0 Å². The Hall–Kier alpha value is -1.92. The Kier molecular flexibility index (Phi) is 5.30. The van der Waals surface area contributed by atoms with E-state index in [0.717, 1.165) is 11.1 Å². The van der Waals surface area contributed by atoms with Crippen LogP contribution in [0.4, 0.5) is 13.2 Å². The van der Waals surface area contributed by atoms with Crippen molar-refractivity contribution in [3.05, 3.63) is 66.0 Å². The third-order valence-corrected chi connectivity index (χ3v) is 2.89. The second-order valence-electron chi connectivity index (χ2n) is 4.37. The molecule has 2 aromatic rings. The maximum atomic E-state index is 12.0. The minimum Gasteiger partial charge on any atom is -0.304 e. The average Bonchev–Trinajstić information content (AvgIpc) is 2.48. The van der Waals surface area contributed by atoms with Crippen LogP contribution in [0.1, 0.15) is 17.2 Å². The van der Waals surface area contributed by atoms with Crippen LogP contribution in [0.5, 0.6) is 0 Å². The van der Waals surface area contributed by atoms with Gasteiger partial charge in [-0.2, -0.15) is 0 Å². The van der Waals surface area contributed by atoms with Gasteiger partial charge in [-0.25, -0.2) is 0 Å². The first kappa shape index (κ1) is 15.5. The van der Waals surface area contributed by atoms with Crippen LogP contribution in [0, 0.1) is 0 Å². The Labute approximate surface area is 120 Å². The van der Waals surface area contributed by atoms with Crippen LogP contribution < -0.4 is 5.32 Å². The Morgan fingerprint density at radius 1 is 1.00 bits per heavy atom. The molecule has 0 saturated carbocycles. The molecule has 6 heteroatoms. The molecule has 112 valence electrons. The van der Waals surface area contributed by atoms with E-state index in [-0.39, 0.29) is 12.6 Å². The summed E-state index contributed by atoms with van der Waals surface area (Å²) in [7, 11) is 0. The molecule has 1 unspecified atom stereocenters. The minimum atomic E-state index is -4.60. The fourth-order valence-corrected chi connectivity index (χ4v) is 2.00. The maximum absolute atomic E-state index is 12.0. The predicted molar refractivity (Wildman–Crippen MR) is 72.5 cm³/mol. The van der Waals surface area contributed by atoms with Crippen molar-refractivity contribution in [3.8, 4) is 0 Å². The van der Waals surface area contributed by atoms with Gasteiger partial charge in [-0.3, -0.25) is 9.72 Å². The second kappa shape index (κ2) is 7.19. The summed E-state index contributed by atoms with van der Waals surface area (Å²) in [5, 5.41) is 3.07. The number of halogens is 3. The van der Waals surface area contributed by atoms with E-state index in [1.54, 1.807) is 12.4 Å². The molecule has 0 bridgehead atoms. The first-order valence-electron chi connectivity index (χ1n) is 6.45. The second-order valence-corrected chi connectivity index (χ2v) is 4.37. The third kappa shape index (κ3) is 5.17. The molecule has 1 aromatic heterocycles. The zero-order valence-corrected chi connectivity index (χ0v) is 11.2. The molecule has 0 aliphatic heterocycles. The molecular weight excluding hydrogens is 281 g/mol. The first-order valence-corrected chi connectivity index (χ1v) is 6.45. The van der Waals surface area contributed by atoms with Crippen LogP contribution in [0.3, 0.4) is 0 Å². The SMILES string of the molecule is FC(F)(F)OCCNC(c1ccccc1)c1ccncc1. The molecule has 0 fully saturated rings. The maximum Gasteiger partial charge on any atom is 0.522 e. The van der Waals surface area contributed by atoms with Crippen LogP contribution in [-0.2, 0) is 4.74 Å². The fraction of sp³-hybridized carbons (Fsp3) is 0.267. The highest BCUT2D eigenvalue weighted by Gasteiger charge is 2.28. The van der Waals surface area contributed by atoms with Crippen molar-refractivity contribution in [1.82, 2.24) is 10.3 Å². The molecule has 0 amide bonds. The molecule has 3 nitrogen and oxygen atoms in total. The highest BCUT2D eigenvalue weighted by Crippen LogP contribution is 2.21. The van der Waals surface area contributed by atoms with E-state index >= 15 is 0 Å². The molecule has 0 saturated heterocycles. The number of rotatable bonds is 6. The highest BCUT2D eigenvalue weighted by molar-refractivity contribution is 5.30. The minimum absolute atomic E-state index is 0.0847. The van der Waals surface area contributed by atoms with Gasteiger partial charge in [0.1, 0.15) is 0 Å². The van der Waals surface area contributed by atoms with E-state index in [0.29, 0.717) is 0 Å². The molecule has 0 aliphatic carbocycles. The van der Waals surface area contributed by atoms with Gasteiger partial charge in [-0.15, -0.1) is 13.2 Å². The number of hydrogen-bond donors (Lipinski definition) is 1. The summed E-state index contributed by atoms with van der Waals surface area (Å²) in [5.41, 5.74) is 1.90. The van der Waals surface area contributed by atoms with Gasteiger partial charge >= 0.3 is 6.36 Å². The summed E-state index contributed by atoms with van der Waals surface area (Å²) in [5.74, 6) is 0. The van der Waals surface area contributed by atoms with E-state index in [4.69, 9.17) is 0 Å². The molecule has 21 heavy (non-hydrogen) atoms. The Bertz CT molecular complexity index is 492. The number of hydrogen-bond acceptors (Lipinski definition) is 3. The number of nitrogens with one attached hydrogen (secondary N) is 1. The zero-order valence-electron chi connectivity index (χ0n) is 11.2. The monoisotopic (exact) mass is 296 g/mol. The van der Waals surface area contributed by atoms with Crippen LogP contribution in [-0.4, -0.2) is 24.5 Å². The van der Waals surface area contributed by atoms with Gasteiger partial charge in [0.2, 0.25) is 0 Å². The smallest absolute Gasteiger partial charge is 0.304 e. The molecular formula is C15H15F3N2O. The molecule has 1 N–H and O–H groups in total. The zero-order chi connectivity index (χ0) is 15.1. The van der Waals surface area contributed by atoms with Crippen molar-refractivity contribution in [3.63, 3.8) is 0 Å². The van der Waals surface area contributed by atoms with Gasteiger partial charge in [-0.05, 0) is 23.3 Å². The van der Waals surface area contributed by atoms with Crippen LogP contribution >= 0.6 is 0 Å². The van der Waals surface area contributed by atoms with Gasteiger partial charge in [0.05, 0.1) is 12.6 Å². The number of nitrogens with zero attached hydrogens (tertiary/aromatic N) is 1. The van der Waals surface area contributed by atoms with Crippen LogP contribution in [0.15, 0.2) is 54.9 Å². The van der Waals surface area contributed by atoms with E-state index < -0.39 is 13.0 Å². The van der Waals surface area contributed by atoms with Gasteiger partial charge in [0.25, 0.3) is 0 Å². The summed E-state index contributed by atoms with van der Waals surface area (Å²) in [6.45, 7) is -0.348. The lowest BCUT2D eigenvalue weighted by Crippen LogP contribution is -2.28. The van der Waals surface area contributed by atoms with Gasteiger partial charge in [-0.1, -0.05) is 30.3 Å². The highest BCUT2D eigenvalue weighted by atomic mass is 19.4. The lowest BCUT2D eigenvalue weighted by atomic mass is 10.00. The Morgan fingerprint density at radius 2 is 1.62 bits per heavy atom. The van der Waals surface area contributed by atoms with Gasteiger partial charge in [0.15, 0.2) is 0 Å². The normalized spacial score (nSPS) is 13.1. The number of pyridine rings is 1. The average molecular weight is 296 g/mol. The number of benzene rings is 1. The summed E-state index contributed by atoms with van der Waals surface area (Å²) >= 11 is 0. The molecule has 1 heterocycles. The van der Waals surface area contributed by atoms with Gasteiger partial charge < -0.3 is 5.32 Å². The molecule has 2 rings (SSSR count). The number of aromatic nitrogens is 1.